The fourth-order valence-corrected chi connectivity index (χ4v) is 4.85. The molecule has 0 radical (unpaired) electrons. The third-order valence-electron chi connectivity index (χ3n) is 3.56. The zero-order valence-corrected chi connectivity index (χ0v) is 14.3. The molecule has 21 heavy (non-hydrogen) atoms. The van der Waals surface area contributed by atoms with Crippen molar-refractivity contribution in [1.29, 1.82) is 0 Å². The first kappa shape index (κ1) is 14.9. The van der Waals surface area contributed by atoms with Crippen molar-refractivity contribution in [2.24, 2.45) is 0 Å². The van der Waals surface area contributed by atoms with Crippen LogP contribution in [-0.4, -0.2) is 29.9 Å². The first-order chi connectivity index (χ1) is 9.96. The van der Waals surface area contributed by atoms with Crippen molar-refractivity contribution in [3.63, 3.8) is 0 Å². The summed E-state index contributed by atoms with van der Waals surface area (Å²) in [6.07, 6.45) is 0.594. The minimum atomic E-state index is -2.95. The molecule has 0 amide bonds. The van der Waals surface area contributed by atoms with E-state index in [1.54, 1.807) is 0 Å². The molecule has 1 aromatic heterocycles. The van der Waals surface area contributed by atoms with Crippen LogP contribution < -0.4 is 0 Å². The van der Waals surface area contributed by atoms with Crippen LogP contribution in [0, 0.1) is 4.64 Å². The Bertz CT molecular complexity index is 832. The van der Waals surface area contributed by atoms with Gasteiger partial charge in [-0.15, -0.1) is 0 Å². The second kappa shape index (κ2) is 5.62. The number of rotatable bonds is 2. The fraction of sp³-hybridized carbons (Fsp3) is 0.286. The van der Waals surface area contributed by atoms with E-state index in [0.29, 0.717) is 16.9 Å². The van der Waals surface area contributed by atoms with Gasteiger partial charge in [-0.2, -0.15) is 0 Å². The number of aromatic nitrogens is 2. The van der Waals surface area contributed by atoms with Crippen molar-refractivity contribution in [2.75, 3.05) is 11.5 Å². The van der Waals surface area contributed by atoms with Crippen molar-refractivity contribution >= 4 is 38.0 Å². The van der Waals surface area contributed by atoms with Crippen LogP contribution in [0.1, 0.15) is 18.2 Å². The van der Waals surface area contributed by atoms with Gasteiger partial charge in [0.1, 0.15) is 10.5 Å². The number of aromatic amines is 1. The molecule has 3 rings (SSSR count). The lowest BCUT2D eigenvalue weighted by Crippen LogP contribution is -2.08. The van der Waals surface area contributed by atoms with E-state index in [1.807, 2.05) is 30.3 Å². The highest BCUT2D eigenvalue weighted by molar-refractivity contribution is 9.10. The Morgan fingerprint density at radius 3 is 2.62 bits per heavy atom. The highest BCUT2D eigenvalue weighted by Gasteiger charge is 2.31. The second-order valence-corrected chi connectivity index (χ2v) is 8.49. The Balaban J connectivity index is 2.09. The van der Waals surface area contributed by atoms with E-state index in [1.165, 1.54) is 0 Å². The van der Waals surface area contributed by atoms with Gasteiger partial charge in [-0.05, 0) is 27.9 Å². The van der Waals surface area contributed by atoms with Crippen LogP contribution in [0.5, 0.6) is 0 Å². The molecular weight excluding hydrogens is 372 g/mol. The van der Waals surface area contributed by atoms with Gasteiger partial charge in [0.25, 0.3) is 0 Å². The molecule has 2 aromatic rings. The summed E-state index contributed by atoms with van der Waals surface area (Å²) in [5.41, 5.74) is 1.83. The number of halogens is 1. The normalized spacial score (nSPS) is 20.5. The summed E-state index contributed by atoms with van der Waals surface area (Å²) in [4.78, 5) is 7.61. The van der Waals surface area contributed by atoms with Gasteiger partial charge in [0.05, 0.1) is 21.7 Å². The van der Waals surface area contributed by atoms with Crippen LogP contribution in [0.2, 0.25) is 0 Å². The van der Waals surface area contributed by atoms with Crippen LogP contribution in [0.4, 0.5) is 0 Å². The molecule has 1 atom stereocenters. The van der Waals surface area contributed by atoms with Crippen molar-refractivity contribution < 1.29 is 8.42 Å². The number of hydrogen-bond acceptors (Lipinski definition) is 4. The van der Waals surface area contributed by atoms with E-state index in [4.69, 9.17) is 12.2 Å². The second-order valence-electron chi connectivity index (χ2n) is 5.08. The van der Waals surface area contributed by atoms with E-state index in [0.717, 1.165) is 15.7 Å². The summed E-state index contributed by atoms with van der Waals surface area (Å²) in [6.45, 7) is 0. The summed E-state index contributed by atoms with van der Waals surface area (Å²) in [5.74, 6) is 0.910. The quantitative estimate of drug-likeness (QED) is 0.805. The Labute approximate surface area is 136 Å². The Morgan fingerprint density at radius 2 is 2.00 bits per heavy atom. The fourth-order valence-electron chi connectivity index (χ4n) is 2.48. The van der Waals surface area contributed by atoms with Crippen LogP contribution in [0.15, 0.2) is 34.8 Å². The topological polar surface area (TPSA) is 62.8 Å². The molecule has 1 aliphatic heterocycles. The molecular formula is C14H13BrN2O2S2. The van der Waals surface area contributed by atoms with E-state index in [-0.39, 0.29) is 17.4 Å². The van der Waals surface area contributed by atoms with E-state index in [9.17, 15) is 8.42 Å². The maximum atomic E-state index is 11.6. The average molecular weight is 385 g/mol. The van der Waals surface area contributed by atoms with Crippen molar-refractivity contribution in [2.45, 2.75) is 12.3 Å². The highest BCUT2D eigenvalue weighted by Crippen LogP contribution is 2.31. The maximum absolute atomic E-state index is 11.6. The van der Waals surface area contributed by atoms with Gasteiger partial charge in [0.15, 0.2) is 9.84 Å². The molecule has 110 valence electrons. The lowest BCUT2D eigenvalue weighted by molar-refractivity contribution is 0.601. The van der Waals surface area contributed by atoms with Crippen LogP contribution >= 0.6 is 28.1 Å². The molecule has 4 nitrogen and oxygen atoms in total. The molecule has 1 aliphatic rings. The molecule has 1 saturated heterocycles. The Kier molecular flexibility index (Phi) is 3.98. The van der Waals surface area contributed by atoms with Gasteiger partial charge in [0.2, 0.25) is 0 Å². The van der Waals surface area contributed by atoms with Gasteiger partial charge >= 0.3 is 0 Å². The van der Waals surface area contributed by atoms with Crippen molar-refractivity contribution in [3.05, 3.63) is 45.3 Å². The molecule has 1 aromatic carbocycles. The van der Waals surface area contributed by atoms with Crippen molar-refractivity contribution in [1.82, 2.24) is 9.97 Å². The Morgan fingerprint density at radius 1 is 1.29 bits per heavy atom. The average Bonchev–Trinajstić information content (AvgIpc) is 2.83. The van der Waals surface area contributed by atoms with Crippen LogP contribution in [0.25, 0.3) is 11.3 Å². The molecule has 0 spiro atoms. The first-order valence-corrected chi connectivity index (χ1v) is 9.54. The predicted octanol–water partition coefficient (Wildman–Crippen LogP) is 3.47. The standard InChI is InChI=1S/C14H13BrN2O2S2/c15-11-12(9-4-2-1-3-5-9)16-13(17-14(11)20)10-6-7-21(18,19)8-10/h1-5,10H,6-8H2,(H,16,17,20). The van der Waals surface area contributed by atoms with Gasteiger partial charge < -0.3 is 4.98 Å². The summed E-state index contributed by atoms with van der Waals surface area (Å²) >= 11 is 8.76. The monoisotopic (exact) mass is 384 g/mol. The van der Waals surface area contributed by atoms with Gasteiger partial charge in [-0.25, -0.2) is 13.4 Å². The summed E-state index contributed by atoms with van der Waals surface area (Å²) in [5, 5.41) is 0. The third-order valence-corrected chi connectivity index (χ3v) is 6.66. The Hall–Kier alpha value is -1.05. The van der Waals surface area contributed by atoms with Gasteiger partial charge in [-0.3, -0.25) is 0 Å². The lowest BCUT2D eigenvalue weighted by Gasteiger charge is -2.12. The number of nitrogens with zero attached hydrogens (tertiary/aromatic N) is 1. The zero-order valence-electron chi connectivity index (χ0n) is 11.0. The molecule has 2 heterocycles. The molecule has 0 bridgehead atoms. The molecule has 1 N–H and O–H groups in total. The van der Waals surface area contributed by atoms with E-state index < -0.39 is 9.84 Å². The summed E-state index contributed by atoms with van der Waals surface area (Å²) < 4.78 is 24.5. The molecule has 0 saturated carbocycles. The number of sulfone groups is 1. The van der Waals surface area contributed by atoms with Gasteiger partial charge in [-0.1, -0.05) is 42.5 Å². The van der Waals surface area contributed by atoms with Gasteiger partial charge in [0, 0.05) is 5.92 Å². The molecule has 1 unspecified atom stereocenters. The predicted molar refractivity (Wildman–Crippen MR) is 88.6 cm³/mol. The number of H-pyrrole nitrogens is 1. The largest absolute Gasteiger partial charge is 0.342 e. The smallest absolute Gasteiger partial charge is 0.151 e. The first-order valence-electron chi connectivity index (χ1n) is 6.52. The molecule has 7 heteroatoms. The third kappa shape index (κ3) is 3.09. The molecule has 0 aliphatic carbocycles. The number of benzene rings is 1. The summed E-state index contributed by atoms with van der Waals surface area (Å²) in [6, 6.07) is 9.77. The minimum absolute atomic E-state index is 0.104. The zero-order chi connectivity index (χ0) is 15.0. The number of hydrogen-bond donors (Lipinski definition) is 1. The summed E-state index contributed by atoms with van der Waals surface area (Å²) in [7, 11) is -2.95. The van der Waals surface area contributed by atoms with Crippen LogP contribution in [0.3, 0.4) is 0 Å². The minimum Gasteiger partial charge on any atom is -0.342 e. The SMILES string of the molecule is O=S1(=O)CCC(c2nc(=S)c(Br)c(-c3ccccc3)[nH]2)C1. The highest BCUT2D eigenvalue weighted by atomic mass is 79.9. The number of nitrogens with one attached hydrogen (secondary N) is 1. The van der Waals surface area contributed by atoms with E-state index in [2.05, 4.69) is 25.9 Å². The lowest BCUT2D eigenvalue weighted by atomic mass is 10.1. The maximum Gasteiger partial charge on any atom is 0.151 e. The molecule has 1 fully saturated rings. The van der Waals surface area contributed by atoms with Crippen molar-refractivity contribution in [3.8, 4) is 11.3 Å². The van der Waals surface area contributed by atoms with Crippen LogP contribution in [-0.2, 0) is 9.84 Å². The van der Waals surface area contributed by atoms with E-state index >= 15 is 0 Å².